The van der Waals surface area contributed by atoms with E-state index in [9.17, 15) is 4.79 Å². The molecule has 0 bridgehead atoms. The van der Waals surface area contributed by atoms with Crippen molar-refractivity contribution in [2.75, 3.05) is 33.3 Å². The lowest BCUT2D eigenvalue weighted by Crippen LogP contribution is -2.45. The summed E-state index contributed by atoms with van der Waals surface area (Å²) in [5, 5.41) is 7.40. The van der Waals surface area contributed by atoms with Crippen molar-refractivity contribution in [3.63, 3.8) is 0 Å². The Morgan fingerprint density at radius 1 is 1.44 bits per heavy atom. The highest BCUT2D eigenvalue weighted by Gasteiger charge is 2.28. The smallest absolute Gasteiger partial charge is 0.225 e. The standard InChI is InChI=1S/C20H31ClN4O2/c1-5-22-20(24-17-9-10-25(13-17)19(26)14(2)3)23-12-18(27-4)15-7-6-8-16(21)11-15/h6-8,11,14,17-18H,5,9-10,12-13H2,1-4H3,(H2,22,23,24). The van der Waals surface area contributed by atoms with Gasteiger partial charge in [-0.3, -0.25) is 9.79 Å². The van der Waals surface area contributed by atoms with E-state index in [1.165, 1.54) is 0 Å². The van der Waals surface area contributed by atoms with Crippen molar-refractivity contribution in [3.8, 4) is 0 Å². The van der Waals surface area contributed by atoms with Crippen LogP contribution in [0.25, 0.3) is 0 Å². The van der Waals surface area contributed by atoms with E-state index in [2.05, 4.69) is 15.6 Å². The highest BCUT2D eigenvalue weighted by molar-refractivity contribution is 6.30. The van der Waals surface area contributed by atoms with Crippen LogP contribution in [-0.2, 0) is 9.53 Å². The van der Waals surface area contributed by atoms with Gasteiger partial charge >= 0.3 is 0 Å². The maximum absolute atomic E-state index is 12.2. The molecule has 6 nitrogen and oxygen atoms in total. The van der Waals surface area contributed by atoms with Gasteiger partial charge in [0, 0.05) is 43.7 Å². The van der Waals surface area contributed by atoms with Crippen LogP contribution in [0.15, 0.2) is 29.3 Å². The lowest BCUT2D eigenvalue weighted by molar-refractivity contribution is -0.133. The van der Waals surface area contributed by atoms with Crippen LogP contribution in [0.5, 0.6) is 0 Å². The Bertz CT molecular complexity index is 651. The number of nitrogens with zero attached hydrogens (tertiary/aromatic N) is 2. The molecular weight excluding hydrogens is 364 g/mol. The first-order chi connectivity index (χ1) is 12.9. The van der Waals surface area contributed by atoms with Gasteiger partial charge in [-0.15, -0.1) is 0 Å². The van der Waals surface area contributed by atoms with E-state index in [1.54, 1.807) is 7.11 Å². The second-order valence-corrected chi connectivity index (χ2v) is 7.50. The molecule has 0 aromatic heterocycles. The molecule has 2 N–H and O–H groups in total. The average Bonchev–Trinajstić information content (AvgIpc) is 3.10. The van der Waals surface area contributed by atoms with Gasteiger partial charge in [0.05, 0.1) is 6.54 Å². The van der Waals surface area contributed by atoms with Crippen LogP contribution >= 0.6 is 11.6 Å². The van der Waals surface area contributed by atoms with Crippen molar-refractivity contribution in [1.29, 1.82) is 0 Å². The maximum Gasteiger partial charge on any atom is 0.225 e. The van der Waals surface area contributed by atoms with Gasteiger partial charge in [-0.2, -0.15) is 0 Å². The van der Waals surface area contributed by atoms with Crippen molar-refractivity contribution in [1.82, 2.24) is 15.5 Å². The molecular formula is C20H31ClN4O2. The second-order valence-electron chi connectivity index (χ2n) is 7.07. The fourth-order valence-corrected chi connectivity index (χ4v) is 3.35. The predicted octanol–water partition coefficient (Wildman–Crippen LogP) is 2.84. The van der Waals surface area contributed by atoms with Crippen molar-refractivity contribution in [2.24, 2.45) is 10.9 Å². The van der Waals surface area contributed by atoms with E-state index >= 15 is 0 Å². The second kappa shape index (κ2) is 10.5. The van der Waals surface area contributed by atoms with Crippen LogP contribution in [0.2, 0.25) is 5.02 Å². The molecule has 1 fully saturated rings. The number of amides is 1. The topological polar surface area (TPSA) is 66.0 Å². The number of hydrogen-bond acceptors (Lipinski definition) is 3. The number of aliphatic imine (C=N–C) groups is 1. The minimum absolute atomic E-state index is 0.0332. The molecule has 0 radical (unpaired) electrons. The van der Waals surface area contributed by atoms with Crippen LogP contribution in [0.3, 0.4) is 0 Å². The van der Waals surface area contributed by atoms with Gasteiger partial charge in [-0.05, 0) is 31.0 Å². The number of carbonyl (C=O) groups is 1. The number of ether oxygens (including phenoxy) is 1. The molecule has 0 saturated carbocycles. The van der Waals surface area contributed by atoms with Gasteiger partial charge in [0.15, 0.2) is 5.96 Å². The molecule has 27 heavy (non-hydrogen) atoms. The number of likely N-dealkylation sites (tertiary alicyclic amines) is 1. The number of benzene rings is 1. The fraction of sp³-hybridized carbons (Fsp3) is 0.600. The van der Waals surface area contributed by atoms with Crippen LogP contribution < -0.4 is 10.6 Å². The summed E-state index contributed by atoms with van der Waals surface area (Å²) in [6.07, 6.45) is 0.756. The SMILES string of the molecule is CCNC(=NCC(OC)c1cccc(Cl)c1)NC1CCN(C(=O)C(C)C)C1. The van der Waals surface area contributed by atoms with Crippen molar-refractivity contribution >= 4 is 23.5 Å². The molecule has 1 aromatic carbocycles. The summed E-state index contributed by atoms with van der Waals surface area (Å²) in [6.45, 7) is 8.66. The fourth-order valence-electron chi connectivity index (χ4n) is 3.15. The molecule has 1 amide bonds. The first-order valence-corrected chi connectivity index (χ1v) is 9.94. The largest absolute Gasteiger partial charge is 0.375 e. The van der Waals surface area contributed by atoms with E-state index in [0.717, 1.165) is 31.0 Å². The maximum atomic E-state index is 12.2. The molecule has 1 heterocycles. The van der Waals surface area contributed by atoms with Crippen molar-refractivity contribution in [3.05, 3.63) is 34.9 Å². The van der Waals surface area contributed by atoms with Crippen molar-refractivity contribution < 1.29 is 9.53 Å². The lowest BCUT2D eigenvalue weighted by atomic mass is 10.1. The summed E-state index contributed by atoms with van der Waals surface area (Å²) < 4.78 is 5.59. The summed E-state index contributed by atoms with van der Waals surface area (Å²) in [4.78, 5) is 18.8. The summed E-state index contributed by atoms with van der Waals surface area (Å²) in [5.41, 5.74) is 0.999. The van der Waals surface area contributed by atoms with Gasteiger partial charge in [0.1, 0.15) is 6.10 Å². The number of guanidine groups is 1. The van der Waals surface area contributed by atoms with Gasteiger partial charge in [0.2, 0.25) is 5.91 Å². The molecule has 1 aromatic rings. The molecule has 1 aliphatic rings. The first kappa shape index (κ1) is 21.5. The van der Waals surface area contributed by atoms with Gasteiger partial charge in [-0.25, -0.2) is 0 Å². The predicted molar refractivity (Wildman–Crippen MR) is 110 cm³/mol. The zero-order valence-electron chi connectivity index (χ0n) is 16.7. The molecule has 0 aliphatic carbocycles. The van der Waals surface area contributed by atoms with Gasteiger partial charge < -0.3 is 20.3 Å². The van der Waals surface area contributed by atoms with Crippen molar-refractivity contribution in [2.45, 2.75) is 39.3 Å². The van der Waals surface area contributed by atoms with Gasteiger partial charge in [0.25, 0.3) is 0 Å². The number of rotatable bonds is 7. The highest BCUT2D eigenvalue weighted by atomic mass is 35.5. The molecule has 2 atom stereocenters. The number of methoxy groups -OCH3 is 1. The number of carbonyl (C=O) groups excluding carboxylic acids is 1. The molecule has 2 rings (SSSR count). The normalized spacial score (nSPS) is 18.7. The number of hydrogen-bond donors (Lipinski definition) is 2. The van der Waals surface area contributed by atoms with E-state index < -0.39 is 0 Å². The van der Waals surface area contributed by atoms with Crippen LogP contribution in [-0.4, -0.2) is 56.1 Å². The molecule has 150 valence electrons. The summed E-state index contributed by atoms with van der Waals surface area (Å²) in [7, 11) is 1.67. The third kappa shape index (κ3) is 6.40. The molecule has 7 heteroatoms. The Balaban J connectivity index is 1.98. The third-order valence-electron chi connectivity index (χ3n) is 4.60. The Morgan fingerprint density at radius 3 is 2.85 bits per heavy atom. The Hall–Kier alpha value is -1.79. The molecule has 0 spiro atoms. The lowest BCUT2D eigenvalue weighted by Gasteiger charge is -2.21. The Kier molecular flexibility index (Phi) is 8.38. The van der Waals surface area contributed by atoms with Crippen LogP contribution in [0.1, 0.15) is 38.9 Å². The van der Waals surface area contributed by atoms with E-state index in [-0.39, 0.29) is 24.0 Å². The summed E-state index contributed by atoms with van der Waals surface area (Å²) >= 11 is 6.08. The van der Waals surface area contributed by atoms with Crippen LogP contribution in [0, 0.1) is 5.92 Å². The quantitative estimate of drug-likeness (QED) is 0.551. The Labute approximate surface area is 167 Å². The summed E-state index contributed by atoms with van der Waals surface area (Å²) in [6, 6.07) is 7.85. The first-order valence-electron chi connectivity index (χ1n) is 9.56. The minimum atomic E-state index is -0.165. The number of nitrogens with one attached hydrogen (secondary N) is 2. The monoisotopic (exact) mass is 394 g/mol. The van der Waals surface area contributed by atoms with Crippen LogP contribution in [0.4, 0.5) is 0 Å². The molecule has 1 aliphatic heterocycles. The Morgan fingerprint density at radius 2 is 2.22 bits per heavy atom. The minimum Gasteiger partial charge on any atom is -0.375 e. The van der Waals surface area contributed by atoms with Gasteiger partial charge in [-0.1, -0.05) is 37.6 Å². The van der Waals surface area contributed by atoms with E-state index in [4.69, 9.17) is 16.3 Å². The zero-order valence-corrected chi connectivity index (χ0v) is 17.4. The zero-order chi connectivity index (χ0) is 19.8. The third-order valence-corrected chi connectivity index (χ3v) is 4.83. The number of halogens is 1. The summed E-state index contributed by atoms with van der Waals surface area (Å²) in [5.74, 6) is 0.984. The van der Waals surface area contributed by atoms with E-state index in [0.29, 0.717) is 18.1 Å². The molecule has 2 unspecified atom stereocenters. The average molecular weight is 395 g/mol. The van der Waals surface area contributed by atoms with E-state index in [1.807, 2.05) is 49.9 Å². The molecule has 1 saturated heterocycles. The highest BCUT2D eigenvalue weighted by Crippen LogP contribution is 2.20.